The first-order valence-electron chi connectivity index (χ1n) is 10.3. The van der Waals surface area contributed by atoms with Crippen molar-refractivity contribution in [1.29, 1.82) is 0 Å². The maximum absolute atomic E-state index is 12.9. The third-order valence-electron chi connectivity index (χ3n) is 5.47. The van der Waals surface area contributed by atoms with E-state index >= 15 is 0 Å². The van der Waals surface area contributed by atoms with Gasteiger partial charge in [0.1, 0.15) is 23.2 Å². The molecule has 0 spiro atoms. The summed E-state index contributed by atoms with van der Waals surface area (Å²) < 4.78 is 23.2. The molecule has 4 aromatic rings. The van der Waals surface area contributed by atoms with Crippen molar-refractivity contribution < 1.29 is 18.5 Å². The molecule has 1 saturated heterocycles. The molecule has 7 nitrogen and oxygen atoms in total. The third-order valence-corrected chi connectivity index (χ3v) is 6.41. The number of nitrogens with zero attached hydrogens (tertiary/aromatic N) is 3. The first-order chi connectivity index (χ1) is 15.6. The van der Waals surface area contributed by atoms with E-state index in [1.54, 1.807) is 29.6 Å². The maximum atomic E-state index is 12.9. The Balaban J connectivity index is 1.50. The van der Waals surface area contributed by atoms with Crippen molar-refractivity contribution in [3.8, 4) is 22.5 Å². The lowest BCUT2D eigenvalue weighted by molar-refractivity contribution is 0.0299. The lowest BCUT2D eigenvalue weighted by atomic mass is 10.1. The number of hydrogen-bond donors (Lipinski definition) is 0. The van der Waals surface area contributed by atoms with Crippen molar-refractivity contribution in [2.45, 2.75) is 4.90 Å². The number of morpholine rings is 1. The van der Waals surface area contributed by atoms with E-state index in [4.69, 9.17) is 9.15 Å². The van der Waals surface area contributed by atoms with Crippen molar-refractivity contribution in [2.24, 2.45) is 0 Å². The van der Waals surface area contributed by atoms with Crippen LogP contribution in [-0.4, -0.2) is 57.9 Å². The molecule has 0 N–H and O–H groups in total. The molecule has 32 heavy (non-hydrogen) atoms. The van der Waals surface area contributed by atoms with Gasteiger partial charge in [-0.05, 0) is 59.2 Å². The number of furan rings is 1. The summed E-state index contributed by atoms with van der Waals surface area (Å²) in [5.74, 6) is 0.570. The van der Waals surface area contributed by atoms with Gasteiger partial charge in [0.15, 0.2) is 10.5 Å². The highest BCUT2D eigenvalue weighted by atomic mass is 32.2. The normalized spacial score (nSPS) is 15.1. The van der Waals surface area contributed by atoms with Crippen LogP contribution in [0.5, 0.6) is 0 Å². The van der Waals surface area contributed by atoms with Crippen LogP contribution < -0.4 is 0 Å². The zero-order valence-electron chi connectivity index (χ0n) is 17.5. The molecule has 1 aromatic carbocycles. The fraction of sp³-hybridized carbons (Fsp3) is 0.208. The molecule has 3 aromatic heterocycles. The highest BCUT2D eigenvalue weighted by molar-refractivity contribution is 7.90. The molecule has 0 unspecified atom stereocenters. The number of carbonyl (C=O) groups is 1. The van der Waals surface area contributed by atoms with Crippen LogP contribution in [0.25, 0.3) is 33.6 Å². The number of aromatic nitrogens is 2. The predicted octanol–water partition coefficient (Wildman–Crippen LogP) is 3.77. The van der Waals surface area contributed by atoms with E-state index in [2.05, 4.69) is 9.97 Å². The number of hydrogen-bond acceptors (Lipinski definition) is 6. The first-order valence-corrected chi connectivity index (χ1v) is 11.8. The van der Waals surface area contributed by atoms with Crippen molar-refractivity contribution in [2.75, 3.05) is 32.6 Å². The lowest BCUT2D eigenvalue weighted by Gasteiger charge is -2.26. The summed E-state index contributed by atoms with van der Waals surface area (Å²) in [7, 11) is 0. The van der Waals surface area contributed by atoms with Crippen molar-refractivity contribution in [3.05, 3.63) is 66.6 Å². The van der Waals surface area contributed by atoms with E-state index in [0.29, 0.717) is 43.3 Å². The van der Waals surface area contributed by atoms with Crippen LogP contribution in [0.4, 0.5) is 0 Å². The Morgan fingerprint density at radius 3 is 2.50 bits per heavy atom. The zero-order valence-corrected chi connectivity index (χ0v) is 18.3. The van der Waals surface area contributed by atoms with Gasteiger partial charge in [0, 0.05) is 42.7 Å². The second-order valence-corrected chi connectivity index (χ2v) is 8.88. The summed E-state index contributed by atoms with van der Waals surface area (Å²) in [4.78, 5) is 24.1. The van der Waals surface area contributed by atoms with Crippen molar-refractivity contribution >= 4 is 28.2 Å². The molecule has 8 heteroatoms. The number of carbonyl (C=O) groups excluding carboxylic acids is 1. The Labute approximate surface area is 188 Å². The van der Waals surface area contributed by atoms with Crippen LogP contribution in [0.15, 0.2) is 70.2 Å². The van der Waals surface area contributed by atoms with Gasteiger partial charge < -0.3 is 18.6 Å². The van der Waals surface area contributed by atoms with Crippen molar-refractivity contribution in [3.63, 3.8) is 0 Å². The van der Waals surface area contributed by atoms with Crippen LogP contribution in [0, 0.1) is 0 Å². The number of rotatable bonds is 4. The maximum Gasteiger partial charge on any atom is 0.272 e. The number of pyridine rings is 2. The summed E-state index contributed by atoms with van der Waals surface area (Å²) in [5, 5.41) is 0. The second-order valence-electron chi connectivity index (χ2n) is 7.50. The first kappa shape index (κ1) is 20.7. The summed E-state index contributed by atoms with van der Waals surface area (Å²) >= 11 is -1.03. The molecular weight excluding hydrogens is 426 g/mol. The fourth-order valence-corrected chi connectivity index (χ4v) is 4.28. The van der Waals surface area contributed by atoms with E-state index in [9.17, 15) is 9.35 Å². The zero-order chi connectivity index (χ0) is 22.1. The summed E-state index contributed by atoms with van der Waals surface area (Å²) in [6.07, 6.45) is 5.02. The lowest BCUT2D eigenvalue weighted by Crippen LogP contribution is -2.41. The fourth-order valence-electron chi connectivity index (χ4n) is 3.76. The highest BCUT2D eigenvalue weighted by Crippen LogP contribution is 2.34. The minimum absolute atomic E-state index is 0.103. The van der Waals surface area contributed by atoms with Gasteiger partial charge in [-0.1, -0.05) is 0 Å². The van der Waals surface area contributed by atoms with E-state index in [0.717, 1.165) is 27.1 Å². The SMILES string of the molecule is C[S@+]([O-])c1ccc(-c2cc3nccc(-c4ccnc(C(=O)N5CCOCC5)c4)c3o2)cc1. The number of ether oxygens (including phenoxy) is 1. The Hall–Kier alpha value is -3.20. The molecule has 4 heterocycles. The highest BCUT2D eigenvalue weighted by Gasteiger charge is 2.21. The molecule has 1 aliphatic rings. The van der Waals surface area contributed by atoms with E-state index < -0.39 is 11.2 Å². The molecule has 0 aliphatic carbocycles. The Bertz CT molecular complexity index is 1260. The third kappa shape index (κ3) is 4.00. The summed E-state index contributed by atoms with van der Waals surface area (Å²) in [6.45, 7) is 2.22. The Morgan fingerprint density at radius 2 is 1.75 bits per heavy atom. The van der Waals surface area contributed by atoms with Gasteiger partial charge in [-0.25, -0.2) is 0 Å². The second kappa shape index (κ2) is 8.74. The van der Waals surface area contributed by atoms with Gasteiger partial charge in [-0.15, -0.1) is 0 Å². The van der Waals surface area contributed by atoms with E-state index in [-0.39, 0.29) is 5.91 Å². The molecule has 0 bridgehead atoms. The molecule has 162 valence electrons. The van der Waals surface area contributed by atoms with Gasteiger partial charge in [-0.2, -0.15) is 0 Å². The van der Waals surface area contributed by atoms with Gasteiger partial charge >= 0.3 is 0 Å². The molecule has 1 aliphatic heterocycles. The molecule has 0 radical (unpaired) electrons. The van der Waals surface area contributed by atoms with Crippen molar-refractivity contribution in [1.82, 2.24) is 14.9 Å². The van der Waals surface area contributed by atoms with Crippen LogP contribution in [0.1, 0.15) is 10.5 Å². The molecule has 1 amide bonds. The number of fused-ring (bicyclic) bond motifs is 1. The minimum Gasteiger partial charge on any atom is -0.612 e. The topological polar surface area (TPSA) is 91.5 Å². The largest absolute Gasteiger partial charge is 0.612 e. The van der Waals surface area contributed by atoms with Gasteiger partial charge in [0.05, 0.1) is 13.2 Å². The van der Waals surface area contributed by atoms with Crippen LogP contribution in [0.3, 0.4) is 0 Å². The monoisotopic (exact) mass is 447 g/mol. The smallest absolute Gasteiger partial charge is 0.272 e. The quantitative estimate of drug-likeness (QED) is 0.442. The van der Waals surface area contributed by atoms with Gasteiger partial charge in [0.2, 0.25) is 0 Å². The number of amides is 1. The Morgan fingerprint density at radius 1 is 1.00 bits per heavy atom. The summed E-state index contributed by atoms with van der Waals surface area (Å²) in [5.41, 5.74) is 4.30. The van der Waals surface area contributed by atoms with E-state index in [1.807, 2.05) is 42.5 Å². The predicted molar refractivity (Wildman–Crippen MR) is 122 cm³/mol. The Kier molecular flexibility index (Phi) is 5.65. The average Bonchev–Trinajstić information content (AvgIpc) is 3.29. The standard InChI is InChI=1S/C24H21N3O4S/c1-32(29)18-4-2-16(3-5-18)22-15-20-23(31-22)19(7-9-25-20)17-6-8-26-21(14-17)24(28)27-10-12-30-13-11-27/h2-9,14-15H,10-13H2,1H3/t32-/m0/s1. The molecule has 5 rings (SSSR count). The molecule has 0 saturated carbocycles. The molecular formula is C24H21N3O4S. The van der Waals surface area contributed by atoms with E-state index in [1.165, 1.54) is 0 Å². The molecule has 1 fully saturated rings. The number of benzene rings is 1. The average molecular weight is 448 g/mol. The molecule has 1 atom stereocenters. The van der Waals surface area contributed by atoms with Crippen LogP contribution in [-0.2, 0) is 15.9 Å². The summed E-state index contributed by atoms with van der Waals surface area (Å²) in [6, 6.07) is 14.9. The van der Waals surface area contributed by atoms with Crippen LogP contribution >= 0.6 is 0 Å². The minimum atomic E-state index is -1.03. The van der Waals surface area contributed by atoms with Gasteiger partial charge in [-0.3, -0.25) is 14.8 Å². The van der Waals surface area contributed by atoms with Gasteiger partial charge in [0.25, 0.3) is 5.91 Å². The van der Waals surface area contributed by atoms with Crippen LogP contribution in [0.2, 0.25) is 0 Å².